The number of hydrazone groups is 1. The summed E-state index contributed by atoms with van der Waals surface area (Å²) in [6, 6.07) is 7.51. The van der Waals surface area contributed by atoms with Gasteiger partial charge in [-0.1, -0.05) is 12.1 Å². The first-order valence-corrected chi connectivity index (χ1v) is 8.71. The quantitative estimate of drug-likeness (QED) is 0.400. The second-order valence-corrected chi connectivity index (χ2v) is 6.19. The van der Waals surface area contributed by atoms with Crippen LogP contribution in [0.4, 0.5) is 5.69 Å². The summed E-state index contributed by atoms with van der Waals surface area (Å²) in [5, 5.41) is 10.7. The highest BCUT2D eigenvalue weighted by atomic mass is 32.1. The van der Waals surface area contributed by atoms with E-state index in [0.717, 1.165) is 56.4 Å². The molecule has 0 unspecified atom stereocenters. The molecule has 0 saturated carbocycles. The summed E-state index contributed by atoms with van der Waals surface area (Å²) in [7, 11) is 0. The Labute approximate surface area is 153 Å². The molecule has 7 nitrogen and oxygen atoms in total. The van der Waals surface area contributed by atoms with Crippen LogP contribution >= 0.6 is 12.2 Å². The maximum Gasteiger partial charge on any atom is 0.221 e. The summed E-state index contributed by atoms with van der Waals surface area (Å²) in [4.78, 5) is 13.5. The Hall–Kier alpha value is -2.03. The number of nitrogens with one attached hydrogen (secondary N) is 3. The highest BCUT2D eigenvalue weighted by Crippen LogP contribution is 2.11. The molecule has 1 aromatic carbocycles. The van der Waals surface area contributed by atoms with Gasteiger partial charge in [0.05, 0.1) is 18.9 Å². The van der Waals surface area contributed by atoms with Gasteiger partial charge in [0.2, 0.25) is 5.91 Å². The fourth-order valence-corrected chi connectivity index (χ4v) is 2.56. The Kier molecular flexibility index (Phi) is 7.77. The van der Waals surface area contributed by atoms with Crippen LogP contribution in [-0.2, 0) is 9.53 Å². The lowest BCUT2D eigenvalue weighted by atomic mass is 10.1. The largest absolute Gasteiger partial charge is 0.379 e. The van der Waals surface area contributed by atoms with Crippen LogP contribution in [0.25, 0.3) is 0 Å². The molecule has 0 bridgehead atoms. The third kappa shape index (κ3) is 7.16. The minimum Gasteiger partial charge on any atom is -0.379 e. The second-order valence-electron chi connectivity index (χ2n) is 5.78. The lowest BCUT2D eigenvalue weighted by molar-refractivity contribution is -0.114. The van der Waals surface area contributed by atoms with E-state index in [9.17, 15) is 4.79 Å². The van der Waals surface area contributed by atoms with Crippen molar-refractivity contribution in [2.75, 3.05) is 44.7 Å². The molecule has 8 heteroatoms. The number of amides is 1. The van der Waals surface area contributed by atoms with Crippen molar-refractivity contribution >= 4 is 34.6 Å². The van der Waals surface area contributed by atoms with Crippen LogP contribution in [0.2, 0.25) is 0 Å². The Bertz CT molecular complexity index is 629. The SMILES string of the molecule is CC(=O)Nc1cccc(/C(C)=N/NC(=S)NCCN2CCOCC2)c1. The van der Waals surface area contributed by atoms with Crippen molar-refractivity contribution in [3.8, 4) is 0 Å². The molecule has 136 valence electrons. The van der Waals surface area contributed by atoms with Crippen molar-refractivity contribution < 1.29 is 9.53 Å². The second kappa shape index (κ2) is 10.1. The van der Waals surface area contributed by atoms with E-state index in [1.807, 2.05) is 31.2 Å². The van der Waals surface area contributed by atoms with Crippen LogP contribution in [0.5, 0.6) is 0 Å². The van der Waals surface area contributed by atoms with Crippen LogP contribution in [-0.4, -0.2) is 61.0 Å². The number of morpholine rings is 1. The fourth-order valence-electron chi connectivity index (χ4n) is 2.42. The first kappa shape index (κ1) is 19.3. The molecule has 0 spiro atoms. The summed E-state index contributed by atoms with van der Waals surface area (Å²) in [6.45, 7) is 8.57. The predicted molar refractivity (Wildman–Crippen MR) is 104 cm³/mol. The average molecular weight is 363 g/mol. The molecule has 1 saturated heterocycles. The van der Waals surface area contributed by atoms with Gasteiger partial charge in [0.1, 0.15) is 0 Å². The van der Waals surface area contributed by atoms with E-state index in [-0.39, 0.29) is 5.91 Å². The molecule has 1 fully saturated rings. The molecule has 0 radical (unpaired) electrons. The molecular weight excluding hydrogens is 338 g/mol. The number of benzene rings is 1. The van der Waals surface area contributed by atoms with Gasteiger partial charge in [0.15, 0.2) is 5.11 Å². The Balaban J connectivity index is 1.77. The van der Waals surface area contributed by atoms with Gasteiger partial charge in [-0.3, -0.25) is 15.1 Å². The summed E-state index contributed by atoms with van der Waals surface area (Å²) >= 11 is 5.24. The van der Waals surface area contributed by atoms with Crippen LogP contribution < -0.4 is 16.1 Å². The van der Waals surface area contributed by atoms with Gasteiger partial charge in [0.25, 0.3) is 0 Å². The fraction of sp³-hybridized carbons (Fsp3) is 0.471. The third-order valence-electron chi connectivity index (χ3n) is 3.74. The van der Waals surface area contributed by atoms with E-state index in [0.29, 0.717) is 5.11 Å². The predicted octanol–water partition coefficient (Wildman–Crippen LogP) is 1.17. The minimum atomic E-state index is -0.101. The number of carbonyl (C=O) groups is 1. The molecule has 25 heavy (non-hydrogen) atoms. The van der Waals surface area contributed by atoms with Crippen LogP contribution in [0.15, 0.2) is 29.4 Å². The first-order valence-electron chi connectivity index (χ1n) is 8.31. The van der Waals surface area contributed by atoms with Crippen molar-refractivity contribution in [1.29, 1.82) is 0 Å². The highest BCUT2D eigenvalue weighted by molar-refractivity contribution is 7.80. The van der Waals surface area contributed by atoms with E-state index in [4.69, 9.17) is 17.0 Å². The molecule has 1 aliphatic heterocycles. The summed E-state index contributed by atoms with van der Waals surface area (Å²) in [5.41, 5.74) is 5.29. The van der Waals surface area contributed by atoms with Gasteiger partial charge in [-0.05, 0) is 36.8 Å². The van der Waals surface area contributed by atoms with E-state index < -0.39 is 0 Å². The molecule has 2 rings (SSSR count). The molecule has 0 atom stereocenters. The molecule has 1 aliphatic rings. The molecule has 0 aliphatic carbocycles. The van der Waals surface area contributed by atoms with Crippen LogP contribution in [0, 0.1) is 0 Å². The monoisotopic (exact) mass is 363 g/mol. The standard InChI is InChI=1S/C17H25N5O2S/c1-13(15-4-3-5-16(12-15)19-14(2)23)20-21-17(25)18-6-7-22-8-10-24-11-9-22/h3-5,12H,6-11H2,1-2H3,(H,19,23)(H2,18,21,25)/b20-13+. The maximum atomic E-state index is 11.1. The van der Waals surface area contributed by atoms with Gasteiger partial charge < -0.3 is 15.4 Å². The zero-order valence-electron chi connectivity index (χ0n) is 14.7. The third-order valence-corrected chi connectivity index (χ3v) is 3.98. The van der Waals surface area contributed by atoms with E-state index in [2.05, 4.69) is 26.1 Å². The van der Waals surface area contributed by atoms with Gasteiger partial charge in [0, 0.05) is 38.8 Å². The van der Waals surface area contributed by atoms with Gasteiger partial charge in [-0.15, -0.1) is 0 Å². The molecule has 0 aromatic heterocycles. The summed E-state index contributed by atoms with van der Waals surface area (Å²) in [5.74, 6) is -0.101. The van der Waals surface area contributed by atoms with Gasteiger partial charge in [-0.25, -0.2) is 0 Å². The highest BCUT2D eigenvalue weighted by Gasteiger charge is 2.09. The zero-order chi connectivity index (χ0) is 18.1. The number of rotatable bonds is 6. The van der Waals surface area contributed by atoms with Crippen molar-refractivity contribution in [1.82, 2.24) is 15.6 Å². The van der Waals surface area contributed by atoms with Gasteiger partial charge >= 0.3 is 0 Å². The zero-order valence-corrected chi connectivity index (χ0v) is 15.5. The lowest BCUT2D eigenvalue weighted by Crippen LogP contribution is -2.42. The van der Waals surface area contributed by atoms with E-state index >= 15 is 0 Å². The molecule has 1 heterocycles. The number of thiocarbonyl (C=S) groups is 1. The number of anilines is 1. The van der Waals surface area contributed by atoms with E-state index in [1.54, 1.807) is 0 Å². The maximum absolute atomic E-state index is 11.1. The normalized spacial score (nSPS) is 15.5. The lowest BCUT2D eigenvalue weighted by Gasteiger charge is -2.26. The number of nitrogens with zero attached hydrogens (tertiary/aromatic N) is 2. The molecule has 3 N–H and O–H groups in total. The Morgan fingerprint density at radius 2 is 2.08 bits per heavy atom. The van der Waals surface area contributed by atoms with Crippen molar-refractivity contribution in [2.45, 2.75) is 13.8 Å². The molecule has 1 aromatic rings. The number of hydrogen-bond acceptors (Lipinski definition) is 5. The molecule has 1 amide bonds. The smallest absolute Gasteiger partial charge is 0.221 e. The van der Waals surface area contributed by atoms with E-state index in [1.165, 1.54) is 6.92 Å². The topological polar surface area (TPSA) is 78.0 Å². The van der Waals surface area contributed by atoms with Gasteiger partial charge in [-0.2, -0.15) is 5.10 Å². The Morgan fingerprint density at radius 3 is 2.80 bits per heavy atom. The summed E-state index contributed by atoms with van der Waals surface area (Å²) < 4.78 is 5.32. The first-order chi connectivity index (χ1) is 12.0. The van der Waals surface area contributed by atoms with Crippen molar-refractivity contribution in [2.24, 2.45) is 5.10 Å². The number of carbonyl (C=O) groups excluding carboxylic acids is 1. The average Bonchev–Trinajstić information content (AvgIpc) is 2.60. The Morgan fingerprint density at radius 1 is 1.32 bits per heavy atom. The van der Waals surface area contributed by atoms with Crippen LogP contribution in [0.1, 0.15) is 19.4 Å². The number of ether oxygens (including phenoxy) is 1. The van der Waals surface area contributed by atoms with Crippen molar-refractivity contribution in [3.05, 3.63) is 29.8 Å². The van der Waals surface area contributed by atoms with Crippen molar-refractivity contribution in [3.63, 3.8) is 0 Å². The van der Waals surface area contributed by atoms with Crippen LogP contribution in [0.3, 0.4) is 0 Å². The summed E-state index contributed by atoms with van der Waals surface area (Å²) in [6.07, 6.45) is 0. The minimum absolute atomic E-state index is 0.101. The number of hydrogen-bond donors (Lipinski definition) is 3. The molecular formula is C17H25N5O2S.